The maximum atomic E-state index is 12.5. The van der Waals surface area contributed by atoms with E-state index in [0.717, 1.165) is 38.4 Å². The van der Waals surface area contributed by atoms with Crippen LogP contribution in [-0.2, 0) is 11.3 Å². The van der Waals surface area contributed by atoms with Gasteiger partial charge in [0.2, 0.25) is 5.91 Å². The highest BCUT2D eigenvalue weighted by molar-refractivity contribution is 6.30. The lowest BCUT2D eigenvalue weighted by molar-refractivity contribution is -0.121. The molecule has 0 saturated carbocycles. The van der Waals surface area contributed by atoms with Crippen molar-refractivity contribution in [3.63, 3.8) is 0 Å². The molecule has 0 radical (unpaired) electrons. The van der Waals surface area contributed by atoms with E-state index in [-0.39, 0.29) is 11.9 Å². The molecule has 2 aromatic carbocycles. The summed E-state index contributed by atoms with van der Waals surface area (Å²) < 4.78 is 0. The number of carbonyl (C=O) groups excluding carboxylic acids is 1. The second-order valence-electron chi connectivity index (χ2n) is 6.47. The molecule has 0 aromatic heterocycles. The van der Waals surface area contributed by atoms with E-state index >= 15 is 0 Å². The van der Waals surface area contributed by atoms with E-state index in [0.29, 0.717) is 5.02 Å². The SMILES string of the molecule is C[C@@H](C(=O)Nc1cccc(Cl)c1)N1CCN(Cc2ccccc2)CC1. The fourth-order valence-electron chi connectivity index (χ4n) is 3.13. The lowest BCUT2D eigenvalue weighted by Crippen LogP contribution is -2.52. The highest BCUT2D eigenvalue weighted by atomic mass is 35.5. The number of amides is 1. The van der Waals surface area contributed by atoms with Crippen LogP contribution in [0.1, 0.15) is 12.5 Å². The van der Waals surface area contributed by atoms with E-state index < -0.39 is 0 Å². The van der Waals surface area contributed by atoms with Crippen LogP contribution in [0.15, 0.2) is 54.6 Å². The van der Waals surface area contributed by atoms with E-state index in [9.17, 15) is 4.79 Å². The first-order chi connectivity index (χ1) is 12.1. The minimum Gasteiger partial charge on any atom is -0.325 e. The summed E-state index contributed by atoms with van der Waals surface area (Å²) >= 11 is 5.97. The predicted molar refractivity (Wildman–Crippen MR) is 103 cm³/mol. The van der Waals surface area contributed by atoms with Crippen LogP contribution in [0, 0.1) is 0 Å². The zero-order valence-corrected chi connectivity index (χ0v) is 15.2. The van der Waals surface area contributed by atoms with E-state index in [2.05, 4.69) is 39.4 Å². The summed E-state index contributed by atoms with van der Waals surface area (Å²) in [5.41, 5.74) is 2.08. The third kappa shape index (κ3) is 5.05. The Labute approximate surface area is 154 Å². The molecular weight excluding hydrogens is 334 g/mol. The number of carbonyl (C=O) groups is 1. The molecule has 1 aliphatic heterocycles. The van der Waals surface area contributed by atoms with Gasteiger partial charge in [0.25, 0.3) is 0 Å². The van der Waals surface area contributed by atoms with Gasteiger partial charge in [-0.3, -0.25) is 14.6 Å². The molecule has 0 unspecified atom stereocenters. The maximum absolute atomic E-state index is 12.5. The number of nitrogens with one attached hydrogen (secondary N) is 1. The van der Waals surface area contributed by atoms with Crippen LogP contribution in [0.2, 0.25) is 5.02 Å². The number of hydrogen-bond acceptors (Lipinski definition) is 3. The molecule has 0 spiro atoms. The van der Waals surface area contributed by atoms with Gasteiger partial charge in [0.1, 0.15) is 0 Å². The van der Waals surface area contributed by atoms with Crippen LogP contribution in [0.5, 0.6) is 0 Å². The summed E-state index contributed by atoms with van der Waals surface area (Å²) in [5.74, 6) is 0.0128. The Morgan fingerprint density at radius 1 is 1.08 bits per heavy atom. The van der Waals surface area contributed by atoms with Crippen molar-refractivity contribution >= 4 is 23.2 Å². The van der Waals surface area contributed by atoms with Crippen molar-refractivity contribution in [1.29, 1.82) is 0 Å². The molecule has 1 fully saturated rings. The van der Waals surface area contributed by atoms with E-state index in [1.165, 1.54) is 5.56 Å². The summed E-state index contributed by atoms with van der Waals surface area (Å²) in [6.45, 7) is 6.69. The van der Waals surface area contributed by atoms with E-state index in [4.69, 9.17) is 11.6 Å². The van der Waals surface area contributed by atoms with Gasteiger partial charge in [-0.25, -0.2) is 0 Å². The molecule has 1 saturated heterocycles. The van der Waals surface area contributed by atoms with Crippen molar-refractivity contribution in [2.75, 3.05) is 31.5 Å². The maximum Gasteiger partial charge on any atom is 0.241 e. The summed E-state index contributed by atoms with van der Waals surface area (Å²) in [6.07, 6.45) is 0. The standard InChI is InChI=1S/C20H24ClN3O/c1-16(20(25)22-19-9-5-8-18(21)14-19)24-12-10-23(11-13-24)15-17-6-3-2-4-7-17/h2-9,14,16H,10-13,15H2,1H3,(H,22,25)/t16-/m0/s1. The highest BCUT2D eigenvalue weighted by Gasteiger charge is 2.25. The molecule has 25 heavy (non-hydrogen) atoms. The third-order valence-corrected chi connectivity index (χ3v) is 4.91. The molecule has 1 atom stereocenters. The lowest BCUT2D eigenvalue weighted by atomic mass is 10.1. The average Bonchev–Trinajstić information content (AvgIpc) is 2.62. The molecule has 1 aliphatic rings. The summed E-state index contributed by atoms with van der Waals surface area (Å²) in [4.78, 5) is 17.2. The van der Waals surface area contributed by atoms with Crippen LogP contribution in [0.25, 0.3) is 0 Å². The quantitative estimate of drug-likeness (QED) is 0.889. The predicted octanol–water partition coefficient (Wildman–Crippen LogP) is 3.48. The largest absolute Gasteiger partial charge is 0.325 e. The van der Waals surface area contributed by atoms with E-state index in [1.54, 1.807) is 12.1 Å². The number of anilines is 1. The summed E-state index contributed by atoms with van der Waals surface area (Å²) in [7, 11) is 0. The molecule has 1 heterocycles. The Balaban J connectivity index is 1.49. The second kappa shape index (κ2) is 8.48. The molecule has 132 valence electrons. The monoisotopic (exact) mass is 357 g/mol. The normalized spacial score (nSPS) is 17.2. The molecule has 2 aromatic rings. The first-order valence-corrected chi connectivity index (χ1v) is 9.06. The van der Waals surface area contributed by atoms with Crippen LogP contribution in [0.3, 0.4) is 0 Å². The van der Waals surface area contributed by atoms with Crippen molar-refractivity contribution in [3.05, 3.63) is 65.2 Å². The molecule has 1 amide bonds. The van der Waals surface area contributed by atoms with Gasteiger partial charge in [-0.15, -0.1) is 0 Å². The molecule has 4 nitrogen and oxygen atoms in total. The van der Waals surface area contributed by atoms with Crippen LogP contribution < -0.4 is 5.32 Å². The van der Waals surface area contributed by atoms with Gasteiger partial charge in [-0.2, -0.15) is 0 Å². The number of hydrogen-bond donors (Lipinski definition) is 1. The average molecular weight is 358 g/mol. The number of rotatable bonds is 5. The Morgan fingerprint density at radius 2 is 1.80 bits per heavy atom. The minimum absolute atomic E-state index is 0.0128. The second-order valence-corrected chi connectivity index (χ2v) is 6.91. The molecule has 5 heteroatoms. The zero-order chi connectivity index (χ0) is 17.6. The van der Waals surface area contributed by atoms with Crippen molar-refractivity contribution in [2.24, 2.45) is 0 Å². The number of nitrogens with zero attached hydrogens (tertiary/aromatic N) is 2. The lowest BCUT2D eigenvalue weighted by Gasteiger charge is -2.37. The number of benzene rings is 2. The molecular formula is C20H24ClN3O. The third-order valence-electron chi connectivity index (χ3n) is 4.68. The van der Waals surface area contributed by atoms with Gasteiger partial charge in [0.15, 0.2) is 0 Å². The summed E-state index contributed by atoms with van der Waals surface area (Å²) in [5, 5.41) is 3.58. The van der Waals surface area contributed by atoms with Crippen LogP contribution >= 0.6 is 11.6 Å². The fraction of sp³-hybridized carbons (Fsp3) is 0.350. The first-order valence-electron chi connectivity index (χ1n) is 8.68. The van der Waals surface area contributed by atoms with Crippen molar-refractivity contribution in [2.45, 2.75) is 19.5 Å². The van der Waals surface area contributed by atoms with Gasteiger partial charge in [0.05, 0.1) is 6.04 Å². The number of piperazine rings is 1. The topological polar surface area (TPSA) is 35.6 Å². The van der Waals surface area contributed by atoms with Gasteiger partial charge in [0, 0.05) is 43.4 Å². The summed E-state index contributed by atoms with van der Waals surface area (Å²) in [6, 6.07) is 17.6. The molecule has 3 rings (SSSR count). The highest BCUT2D eigenvalue weighted by Crippen LogP contribution is 2.16. The van der Waals surface area contributed by atoms with Gasteiger partial charge in [-0.1, -0.05) is 48.0 Å². The van der Waals surface area contributed by atoms with Crippen LogP contribution in [0.4, 0.5) is 5.69 Å². The number of halogens is 1. The first kappa shape index (κ1) is 17.9. The molecule has 0 aliphatic carbocycles. The molecule has 0 bridgehead atoms. The van der Waals surface area contributed by atoms with Crippen LogP contribution in [-0.4, -0.2) is 47.9 Å². The Kier molecular flexibility index (Phi) is 6.08. The minimum atomic E-state index is -0.155. The smallest absolute Gasteiger partial charge is 0.241 e. The Bertz CT molecular complexity index is 699. The van der Waals surface area contributed by atoms with Crippen molar-refractivity contribution in [3.8, 4) is 0 Å². The van der Waals surface area contributed by atoms with E-state index in [1.807, 2.05) is 25.1 Å². The Morgan fingerprint density at radius 3 is 2.48 bits per heavy atom. The zero-order valence-electron chi connectivity index (χ0n) is 14.5. The van der Waals surface area contributed by atoms with Crippen molar-refractivity contribution < 1.29 is 4.79 Å². The Hall–Kier alpha value is -1.88. The van der Waals surface area contributed by atoms with Gasteiger partial charge < -0.3 is 5.32 Å². The van der Waals surface area contributed by atoms with Gasteiger partial charge in [-0.05, 0) is 30.7 Å². The molecule has 1 N–H and O–H groups in total. The van der Waals surface area contributed by atoms with Gasteiger partial charge >= 0.3 is 0 Å². The van der Waals surface area contributed by atoms with Crippen molar-refractivity contribution in [1.82, 2.24) is 9.80 Å². The fourth-order valence-corrected chi connectivity index (χ4v) is 3.32.